The summed E-state index contributed by atoms with van der Waals surface area (Å²) in [7, 11) is -0.927. The molecule has 114 valence electrons. The Morgan fingerprint density at radius 2 is 1.95 bits per heavy atom. The number of nitrogens with zero attached hydrogens (tertiary/aromatic N) is 2. The van der Waals surface area contributed by atoms with Crippen LogP contribution in [0.25, 0.3) is 0 Å². The van der Waals surface area contributed by atoms with Crippen LogP contribution in [0, 0.1) is 13.8 Å². The average Bonchev–Trinajstić information content (AvgIpc) is 2.66. The van der Waals surface area contributed by atoms with E-state index in [1.165, 1.54) is 11.1 Å². The minimum absolute atomic E-state index is 0.139. The van der Waals surface area contributed by atoms with Gasteiger partial charge in [-0.15, -0.1) is 11.3 Å². The van der Waals surface area contributed by atoms with Crippen molar-refractivity contribution in [3.8, 4) is 0 Å². The van der Waals surface area contributed by atoms with E-state index in [1.54, 1.807) is 11.3 Å². The molecule has 2 atom stereocenters. The van der Waals surface area contributed by atoms with Crippen molar-refractivity contribution in [3.05, 3.63) is 15.6 Å². The van der Waals surface area contributed by atoms with Gasteiger partial charge in [0.1, 0.15) is 0 Å². The Morgan fingerprint density at radius 1 is 1.30 bits per heavy atom. The van der Waals surface area contributed by atoms with Gasteiger partial charge in [0.25, 0.3) is 0 Å². The molecule has 0 amide bonds. The summed E-state index contributed by atoms with van der Waals surface area (Å²) < 4.78 is 24.0. The van der Waals surface area contributed by atoms with Crippen LogP contribution in [0.3, 0.4) is 0 Å². The van der Waals surface area contributed by atoms with Gasteiger partial charge >= 0.3 is 0 Å². The standard InChI is InChI=1S/C14H24N2O2S2/c1-10-13(19-11(2)15-10)9-16(3)12-7-5-6-8-14(12)20(4,17)18/h12,14H,5-9H2,1-4H3/t12-,14+/m1/s1. The van der Waals surface area contributed by atoms with Crippen molar-refractivity contribution in [2.24, 2.45) is 0 Å². The molecule has 0 aromatic carbocycles. The van der Waals surface area contributed by atoms with Gasteiger partial charge in [-0.05, 0) is 33.7 Å². The molecule has 0 N–H and O–H groups in total. The van der Waals surface area contributed by atoms with E-state index in [4.69, 9.17) is 0 Å². The molecule has 6 heteroatoms. The summed E-state index contributed by atoms with van der Waals surface area (Å²) in [5.74, 6) is 0. The fourth-order valence-corrected chi connectivity index (χ4v) is 5.65. The Hall–Kier alpha value is -0.460. The average molecular weight is 316 g/mol. The molecule has 1 fully saturated rings. The van der Waals surface area contributed by atoms with Crippen LogP contribution in [0.15, 0.2) is 0 Å². The Kier molecular flexibility index (Phi) is 4.87. The second-order valence-electron chi connectivity index (χ2n) is 5.88. The Bertz CT molecular complexity index is 566. The van der Waals surface area contributed by atoms with Crippen LogP contribution in [0.4, 0.5) is 0 Å². The van der Waals surface area contributed by atoms with Gasteiger partial charge in [-0.1, -0.05) is 12.8 Å². The van der Waals surface area contributed by atoms with E-state index in [0.29, 0.717) is 0 Å². The number of thiazole rings is 1. The van der Waals surface area contributed by atoms with E-state index in [2.05, 4.69) is 9.88 Å². The van der Waals surface area contributed by atoms with Crippen molar-refractivity contribution in [2.75, 3.05) is 13.3 Å². The third-order valence-electron chi connectivity index (χ3n) is 4.18. The first-order valence-corrected chi connectivity index (χ1v) is 9.88. The lowest BCUT2D eigenvalue weighted by Crippen LogP contribution is -2.46. The highest BCUT2D eigenvalue weighted by molar-refractivity contribution is 7.91. The van der Waals surface area contributed by atoms with Gasteiger partial charge in [-0.3, -0.25) is 4.90 Å². The van der Waals surface area contributed by atoms with Crippen LogP contribution in [0.5, 0.6) is 0 Å². The molecular weight excluding hydrogens is 292 g/mol. The van der Waals surface area contributed by atoms with Crippen molar-refractivity contribution in [1.29, 1.82) is 0 Å². The molecule has 20 heavy (non-hydrogen) atoms. The molecule has 0 aliphatic heterocycles. The van der Waals surface area contributed by atoms with E-state index in [-0.39, 0.29) is 11.3 Å². The predicted octanol–water partition coefficient (Wildman–Crippen LogP) is 2.55. The van der Waals surface area contributed by atoms with Crippen LogP contribution in [-0.4, -0.2) is 42.9 Å². The van der Waals surface area contributed by atoms with Crippen molar-refractivity contribution in [1.82, 2.24) is 9.88 Å². The number of sulfone groups is 1. The maximum atomic E-state index is 12.0. The number of hydrogen-bond donors (Lipinski definition) is 0. The van der Waals surface area contributed by atoms with Crippen LogP contribution >= 0.6 is 11.3 Å². The zero-order chi connectivity index (χ0) is 14.9. The second-order valence-corrected chi connectivity index (χ2v) is 9.43. The SMILES string of the molecule is Cc1nc(C)c(CN(C)[C@@H]2CCCC[C@@H]2S(C)(=O)=O)s1. The predicted molar refractivity (Wildman–Crippen MR) is 83.9 cm³/mol. The van der Waals surface area contributed by atoms with Gasteiger partial charge in [0.2, 0.25) is 0 Å². The van der Waals surface area contributed by atoms with E-state index in [9.17, 15) is 8.42 Å². The molecule has 1 aromatic rings. The fourth-order valence-electron chi connectivity index (χ4n) is 3.14. The summed E-state index contributed by atoms with van der Waals surface area (Å²) >= 11 is 1.71. The third-order valence-corrected chi connectivity index (χ3v) is 6.88. The highest BCUT2D eigenvalue weighted by Crippen LogP contribution is 2.29. The molecule has 1 aliphatic rings. The van der Waals surface area contributed by atoms with Crippen LogP contribution in [0.1, 0.15) is 41.3 Å². The van der Waals surface area contributed by atoms with Crippen molar-refractivity contribution in [3.63, 3.8) is 0 Å². The topological polar surface area (TPSA) is 50.3 Å². The number of rotatable bonds is 4. The lowest BCUT2D eigenvalue weighted by atomic mass is 9.94. The first-order chi connectivity index (χ1) is 9.29. The maximum Gasteiger partial charge on any atom is 0.151 e. The lowest BCUT2D eigenvalue weighted by Gasteiger charge is -2.36. The van der Waals surface area contributed by atoms with Gasteiger partial charge in [0.15, 0.2) is 9.84 Å². The largest absolute Gasteiger partial charge is 0.297 e. The zero-order valence-electron chi connectivity index (χ0n) is 12.7. The molecule has 0 bridgehead atoms. The summed E-state index contributed by atoms with van der Waals surface area (Å²) in [6.45, 7) is 4.84. The molecule has 1 aromatic heterocycles. The number of aryl methyl sites for hydroxylation is 2. The minimum Gasteiger partial charge on any atom is -0.297 e. The van der Waals surface area contributed by atoms with E-state index in [1.807, 2.05) is 20.9 Å². The normalized spacial score (nSPS) is 24.2. The third kappa shape index (κ3) is 3.59. The van der Waals surface area contributed by atoms with Crippen LogP contribution < -0.4 is 0 Å². The van der Waals surface area contributed by atoms with E-state index < -0.39 is 9.84 Å². The first-order valence-electron chi connectivity index (χ1n) is 7.11. The molecule has 1 saturated carbocycles. The molecule has 0 spiro atoms. The zero-order valence-corrected chi connectivity index (χ0v) is 14.4. The number of hydrogen-bond acceptors (Lipinski definition) is 5. The summed E-state index contributed by atoms with van der Waals surface area (Å²) in [6.07, 6.45) is 5.31. The van der Waals surface area contributed by atoms with Crippen molar-refractivity contribution >= 4 is 21.2 Å². The highest BCUT2D eigenvalue weighted by atomic mass is 32.2. The maximum absolute atomic E-state index is 12.0. The lowest BCUT2D eigenvalue weighted by molar-refractivity contribution is 0.188. The van der Waals surface area contributed by atoms with Gasteiger partial charge in [0.05, 0.1) is 16.0 Å². The van der Waals surface area contributed by atoms with E-state index >= 15 is 0 Å². The minimum atomic E-state index is -2.97. The second kappa shape index (κ2) is 6.12. The van der Waals surface area contributed by atoms with Crippen molar-refractivity contribution in [2.45, 2.75) is 57.4 Å². The monoisotopic (exact) mass is 316 g/mol. The summed E-state index contributed by atoms with van der Waals surface area (Å²) in [5, 5.41) is 0.866. The van der Waals surface area contributed by atoms with Crippen LogP contribution in [-0.2, 0) is 16.4 Å². The molecule has 0 saturated heterocycles. The van der Waals surface area contributed by atoms with Gasteiger partial charge < -0.3 is 0 Å². The van der Waals surface area contributed by atoms with Gasteiger partial charge in [-0.2, -0.15) is 0 Å². The molecule has 4 nitrogen and oxygen atoms in total. The van der Waals surface area contributed by atoms with Crippen molar-refractivity contribution < 1.29 is 8.42 Å². The molecule has 0 radical (unpaired) electrons. The molecule has 2 rings (SSSR count). The molecule has 1 aliphatic carbocycles. The van der Waals surface area contributed by atoms with Gasteiger partial charge in [0, 0.05) is 23.7 Å². The molecular formula is C14H24N2O2S2. The smallest absolute Gasteiger partial charge is 0.151 e. The first kappa shape index (κ1) is 15.9. The quantitative estimate of drug-likeness (QED) is 0.856. The van der Waals surface area contributed by atoms with Gasteiger partial charge in [-0.25, -0.2) is 13.4 Å². The highest BCUT2D eigenvalue weighted by Gasteiger charge is 2.35. The summed E-state index contributed by atoms with van der Waals surface area (Å²) in [6, 6.07) is 0.139. The van der Waals surface area contributed by atoms with Crippen LogP contribution in [0.2, 0.25) is 0 Å². The Labute approximate surface area is 126 Å². The van der Waals surface area contributed by atoms with E-state index in [0.717, 1.165) is 42.9 Å². The Balaban J connectivity index is 2.14. The summed E-state index contributed by atoms with van der Waals surface area (Å²) in [5.41, 5.74) is 1.08. The summed E-state index contributed by atoms with van der Waals surface area (Å²) in [4.78, 5) is 7.92. The Morgan fingerprint density at radius 3 is 2.50 bits per heavy atom. The number of aromatic nitrogens is 1. The molecule has 1 heterocycles. The molecule has 0 unspecified atom stereocenters. The fraction of sp³-hybridized carbons (Fsp3) is 0.786.